The van der Waals surface area contributed by atoms with Gasteiger partial charge < -0.3 is 9.72 Å². The Morgan fingerprint density at radius 3 is 2.94 bits per heavy atom. The van der Waals surface area contributed by atoms with E-state index in [4.69, 9.17) is 4.74 Å². The highest BCUT2D eigenvalue weighted by atomic mass is 16.5. The summed E-state index contributed by atoms with van der Waals surface area (Å²) >= 11 is 0. The fourth-order valence-electron chi connectivity index (χ4n) is 2.30. The lowest BCUT2D eigenvalue weighted by Gasteiger charge is -2.01. The number of methoxy groups -OCH3 is 1. The minimum Gasteiger partial charge on any atom is -0.380 e. The summed E-state index contributed by atoms with van der Waals surface area (Å²) in [6.07, 6.45) is 3.74. The number of aryl methyl sites for hydroxylation is 1. The molecule has 3 nitrogen and oxygen atoms in total. The molecular weight excluding hydrogens is 212 g/mol. The van der Waals surface area contributed by atoms with Gasteiger partial charge in [0.15, 0.2) is 0 Å². The van der Waals surface area contributed by atoms with Crippen LogP contribution in [0, 0.1) is 6.92 Å². The quantitative estimate of drug-likeness (QED) is 0.728. The van der Waals surface area contributed by atoms with Crippen molar-refractivity contribution in [3.8, 4) is 0 Å². The Kier molecular flexibility index (Phi) is 2.34. The van der Waals surface area contributed by atoms with Gasteiger partial charge in [-0.15, -0.1) is 0 Å². The number of rotatable bonds is 2. The normalized spacial score (nSPS) is 11.4. The van der Waals surface area contributed by atoms with Gasteiger partial charge in [0, 0.05) is 35.2 Å². The second kappa shape index (κ2) is 3.86. The molecule has 3 heteroatoms. The van der Waals surface area contributed by atoms with Gasteiger partial charge in [0.05, 0.1) is 18.3 Å². The number of benzene rings is 1. The second-order valence-electron chi connectivity index (χ2n) is 4.33. The third-order valence-corrected chi connectivity index (χ3v) is 3.04. The average Bonchev–Trinajstić information content (AvgIpc) is 2.68. The maximum Gasteiger partial charge on any atom is 0.0734 e. The van der Waals surface area contributed by atoms with E-state index >= 15 is 0 Å². The molecule has 0 bridgehead atoms. The molecule has 1 N–H and O–H groups in total. The number of nitrogens with zero attached hydrogens (tertiary/aromatic N) is 1. The summed E-state index contributed by atoms with van der Waals surface area (Å²) in [6, 6.07) is 6.43. The van der Waals surface area contributed by atoms with Gasteiger partial charge in [-0.25, -0.2) is 0 Å². The number of aromatic nitrogens is 2. The van der Waals surface area contributed by atoms with E-state index in [-0.39, 0.29) is 0 Å². The van der Waals surface area contributed by atoms with Crippen LogP contribution < -0.4 is 0 Å². The smallest absolute Gasteiger partial charge is 0.0734 e. The zero-order valence-corrected chi connectivity index (χ0v) is 9.95. The highest BCUT2D eigenvalue weighted by molar-refractivity contribution is 6.08. The molecule has 0 amide bonds. The van der Waals surface area contributed by atoms with Crippen molar-refractivity contribution in [2.75, 3.05) is 7.11 Å². The zero-order chi connectivity index (χ0) is 11.8. The molecule has 0 atom stereocenters. The third-order valence-electron chi connectivity index (χ3n) is 3.04. The minimum atomic E-state index is 0.589. The Morgan fingerprint density at radius 2 is 2.12 bits per heavy atom. The summed E-state index contributed by atoms with van der Waals surface area (Å²) in [7, 11) is 1.71. The summed E-state index contributed by atoms with van der Waals surface area (Å²) in [6.45, 7) is 2.70. The predicted molar refractivity (Wildman–Crippen MR) is 69.0 cm³/mol. The molecule has 0 saturated carbocycles. The van der Waals surface area contributed by atoms with Crippen LogP contribution in [0.1, 0.15) is 11.1 Å². The standard InChI is InChI=1S/C14H14N2O/c1-9-3-4-12-11(5-9)14-10(8-17-2)6-15-7-13(14)16-12/h3-7,16H,8H2,1-2H3. The molecule has 0 saturated heterocycles. The predicted octanol–water partition coefficient (Wildman–Crippen LogP) is 3.17. The van der Waals surface area contributed by atoms with Gasteiger partial charge in [0.2, 0.25) is 0 Å². The number of aromatic amines is 1. The van der Waals surface area contributed by atoms with Crippen molar-refractivity contribution in [1.29, 1.82) is 0 Å². The van der Waals surface area contributed by atoms with E-state index in [1.165, 1.54) is 16.3 Å². The van der Waals surface area contributed by atoms with Crippen LogP contribution in [-0.2, 0) is 11.3 Å². The van der Waals surface area contributed by atoms with Crippen LogP contribution in [0.3, 0.4) is 0 Å². The molecule has 0 spiro atoms. The fourth-order valence-corrected chi connectivity index (χ4v) is 2.30. The molecule has 2 heterocycles. The number of H-pyrrole nitrogens is 1. The van der Waals surface area contributed by atoms with Crippen molar-refractivity contribution in [3.05, 3.63) is 41.7 Å². The molecule has 0 fully saturated rings. The van der Waals surface area contributed by atoms with E-state index in [9.17, 15) is 0 Å². The topological polar surface area (TPSA) is 37.9 Å². The van der Waals surface area contributed by atoms with Crippen molar-refractivity contribution < 1.29 is 4.74 Å². The molecule has 17 heavy (non-hydrogen) atoms. The van der Waals surface area contributed by atoms with Gasteiger partial charge in [0.1, 0.15) is 0 Å². The van der Waals surface area contributed by atoms with Crippen molar-refractivity contribution in [2.24, 2.45) is 0 Å². The Bertz CT molecular complexity index is 685. The monoisotopic (exact) mass is 226 g/mol. The van der Waals surface area contributed by atoms with Crippen LogP contribution in [0.4, 0.5) is 0 Å². The van der Waals surface area contributed by atoms with Crippen LogP contribution in [0.25, 0.3) is 21.8 Å². The van der Waals surface area contributed by atoms with Gasteiger partial charge in [-0.05, 0) is 19.1 Å². The molecule has 0 radical (unpaired) electrons. The average molecular weight is 226 g/mol. The molecule has 0 aliphatic heterocycles. The number of fused-ring (bicyclic) bond motifs is 3. The zero-order valence-electron chi connectivity index (χ0n) is 9.95. The van der Waals surface area contributed by atoms with Crippen LogP contribution in [-0.4, -0.2) is 17.1 Å². The van der Waals surface area contributed by atoms with Crippen molar-refractivity contribution >= 4 is 21.8 Å². The van der Waals surface area contributed by atoms with Crippen LogP contribution in [0.5, 0.6) is 0 Å². The first-order chi connectivity index (χ1) is 8.29. The summed E-state index contributed by atoms with van der Waals surface area (Å²) in [4.78, 5) is 7.62. The Balaban J connectivity index is 2.43. The molecular formula is C14H14N2O. The summed E-state index contributed by atoms with van der Waals surface area (Å²) in [5.74, 6) is 0. The first-order valence-corrected chi connectivity index (χ1v) is 5.63. The Labute approximate surface area is 99.4 Å². The van der Waals surface area contributed by atoms with Crippen LogP contribution in [0.2, 0.25) is 0 Å². The SMILES string of the molecule is COCc1cncc2[nH]c3ccc(C)cc3c12. The number of hydrogen-bond acceptors (Lipinski definition) is 2. The highest BCUT2D eigenvalue weighted by Gasteiger charge is 2.08. The molecule has 0 aliphatic rings. The van der Waals surface area contributed by atoms with Gasteiger partial charge >= 0.3 is 0 Å². The van der Waals surface area contributed by atoms with Crippen LogP contribution >= 0.6 is 0 Å². The lowest BCUT2D eigenvalue weighted by atomic mass is 10.1. The molecule has 1 aromatic carbocycles. The molecule has 0 unspecified atom stereocenters. The first-order valence-electron chi connectivity index (χ1n) is 5.63. The van der Waals surface area contributed by atoms with Gasteiger partial charge in [0.25, 0.3) is 0 Å². The van der Waals surface area contributed by atoms with E-state index in [1.54, 1.807) is 7.11 Å². The van der Waals surface area contributed by atoms with Gasteiger partial charge in [-0.3, -0.25) is 4.98 Å². The largest absolute Gasteiger partial charge is 0.380 e. The number of ether oxygens (including phenoxy) is 1. The Hall–Kier alpha value is -1.87. The maximum atomic E-state index is 5.23. The van der Waals surface area contributed by atoms with Crippen molar-refractivity contribution in [2.45, 2.75) is 13.5 Å². The van der Waals surface area contributed by atoms with Crippen LogP contribution in [0.15, 0.2) is 30.6 Å². The van der Waals surface area contributed by atoms with Crippen molar-refractivity contribution in [3.63, 3.8) is 0 Å². The number of hydrogen-bond donors (Lipinski definition) is 1. The molecule has 0 aliphatic carbocycles. The molecule has 86 valence electrons. The lowest BCUT2D eigenvalue weighted by molar-refractivity contribution is 0.186. The number of nitrogens with one attached hydrogen (secondary N) is 1. The molecule has 3 rings (SSSR count). The van der Waals surface area contributed by atoms with Gasteiger partial charge in [-0.1, -0.05) is 11.6 Å². The fraction of sp³-hybridized carbons (Fsp3) is 0.214. The minimum absolute atomic E-state index is 0.589. The molecule has 2 aromatic heterocycles. The third kappa shape index (κ3) is 1.59. The first kappa shape index (κ1) is 10.3. The van der Waals surface area contributed by atoms with Crippen molar-refractivity contribution in [1.82, 2.24) is 9.97 Å². The van der Waals surface area contributed by atoms with Gasteiger partial charge in [-0.2, -0.15) is 0 Å². The van der Waals surface area contributed by atoms with E-state index in [0.717, 1.165) is 16.6 Å². The highest BCUT2D eigenvalue weighted by Crippen LogP contribution is 2.28. The van der Waals surface area contributed by atoms with E-state index in [1.807, 2.05) is 12.4 Å². The van der Waals surface area contributed by atoms with E-state index in [0.29, 0.717) is 6.61 Å². The summed E-state index contributed by atoms with van der Waals surface area (Å²) in [5, 5.41) is 2.47. The van der Waals surface area contributed by atoms with E-state index < -0.39 is 0 Å². The Morgan fingerprint density at radius 1 is 1.24 bits per heavy atom. The lowest BCUT2D eigenvalue weighted by Crippen LogP contribution is -1.89. The second-order valence-corrected chi connectivity index (χ2v) is 4.33. The maximum absolute atomic E-state index is 5.23. The number of pyridine rings is 1. The molecule has 3 aromatic rings. The summed E-state index contributed by atoms with van der Waals surface area (Å²) < 4.78 is 5.23. The van der Waals surface area contributed by atoms with E-state index in [2.05, 4.69) is 35.1 Å². The summed E-state index contributed by atoms with van der Waals surface area (Å²) in [5.41, 5.74) is 4.61.